The first-order valence-corrected chi connectivity index (χ1v) is 6.25. The van der Waals surface area contributed by atoms with Crippen molar-refractivity contribution in [3.8, 4) is 11.6 Å². The van der Waals surface area contributed by atoms with Crippen molar-refractivity contribution in [1.29, 1.82) is 5.41 Å². The summed E-state index contributed by atoms with van der Waals surface area (Å²) in [6, 6.07) is 7.07. The number of rotatable bonds is 4. The van der Waals surface area contributed by atoms with Gasteiger partial charge >= 0.3 is 6.18 Å². The fraction of sp³-hybridized carbons (Fsp3) is 0.0714. The second-order valence-electron chi connectivity index (χ2n) is 4.11. The van der Waals surface area contributed by atoms with Crippen LogP contribution in [0.3, 0.4) is 0 Å². The number of ketones is 1. The number of carbonyl (C=O) groups is 1. The average molecular weight is 329 g/mol. The molecule has 1 aromatic heterocycles. The number of carbonyl (C=O) groups excluding carboxylic acids is 1. The largest absolute Gasteiger partial charge is 0.438 e. The predicted octanol–water partition coefficient (Wildman–Crippen LogP) is 4.38. The molecule has 4 nitrogen and oxygen atoms in total. The molecule has 0 spiro atoms. The molecular weight excluding hydrogens is 321 g/mol. The van der Waals surface area contributed by atoms with Crippen LogP contribution in [0.2, 0.25) is 5.02 Å². The van der Waals surface area contributed by atoms with Gasteiger partial charge in [-0.3, -0.25) is 4.79 Å². The maximum Gasteiger partial charge on any atom is 0.420 e. The van der Waals surface area contributed by atoms with E-state index >= 15 is 0 Å². The van der Waals surface area contributed by atoms with Gasteiger partial charge in [-0.15, -0.1) is 0 Å². The number of pyridine rings is 1. The van der Waals surface area contributed by atoms with Crippen molar-refractivity contribution >= 4 is 23.6 Å². The summed E-state index contributed by atoms with van der Waals surface area (Å²) in [5.74, 6) is -1.36. The Morgan fingerprint density at radius 3 is 2.64 bits per heavy atom. The highest BCUT2D eigenvalue weighted by atomic mass is 35.5. The Morgan fingerprint density at radius 2 is 2.00 bits per heavy atom. The summed E-state index contributed by atoms with van der Waals surface area (Å²) in [6.07, 6.45) is -4.10. The van der Waals surface area contributed by atoms with Crippen LogP contribution < -0.4 is 4.74 Å². The molecule has 0 amide bonds. The summed E-state index contributed by atoms with van der Waals surface area (Å²) in [4.78, 5) is 15.1. The van der Waals surface area contributed by atoms with E-state index in [-0.39, 0.29) is 16.6 Å². The van der Waals surface area contributed by atoms with E-state index in [1.54, 1.807) is 0 Å². The summed E-state index contributed by atoms with van der Waals surface area (Å²) < 4.78 is 44.0. The van der Waals surface area contributed by atoms with E-state index < -0.39 is 23.3 Å². The van der Waals surface area contributed by atoms with Crippen LogP contribution in [0, 0.1) is 5.41 Å². The van der Waals surface area contributed by atoms with E-state index in [0.717, 1.165) is 12.1 Å². The van der Waals surface area contributed by atoms with Gasteiger partial charge < -0.3 is 10.1 Å². The van der Waals surface area contributed by atoms with Crippen molar-refractivity contribution in [3.63, 3.8) is 0 Å². The Bertz CT molecular complexity index is 732. The molecule has 1 aromatic carbocycles. The minimum absolute atomic E-state index is 0.0830. The molecule has 2 rings (SSSR count). The summed E-state index contributed by atoms with van der Waals surface area (Å²) >= 11 is 5.57. The molecule has 1 N–H and O–H groups in total. The number of alkyl halides is 3. The van der Waals surface area contributed by atoms with Gasteiger partial charge in [-0.05, 0) is 24.3 Å². The molecule has 1 heterocycles. The van der Waals surface area contributed by atoms with Gasteiger partial charge in [0, 0.05) is 11.1 Å². The smallest absolute Gasteiger partial charge is 0.420 e. The van der Waals surface area contributed by atoms with Crippen molar-refractivity contribution in [3.05, 3.63) is 52.7 Å². The average Bonchev–Trinajstić information content (AvgIpc) is 2.47. The Kier molecular flexibility index (Phi) is 4.46. The van der Waals surface area contributed by atoms with Gasteiger partial charge in [0.25, 0.3) is 0 Å². The standard InChI is InChI=1S/C14H8ClF3N2O2/c15-8-4-5-12(9(6-8)14(16,17)18)22-13-3-1-2-10(20-13)11(21)7-19/h1-7,19H. The molecule has 0 radical (unpaired) electrons. The number of nitrogens with one attached hydrogen (secondary N) is 1. The molecule has 0 bridgehead atoms. The highest BCUT2D eigenvalue weighted by molar-refractivity contribution is 6.33. The van der Waals surface area contributed by atoms with Crippen LogP contribution in [0.4, 0.5) is 13.2 Å². The summed E-state index contributed by atoms with van der Waals surface area (Å²) in [5, 5.41) is 6.78. The molecule has 0 atom stereocenters. The van der Waals surface area contributed by atoms with E-state index in [1.807, 2.05) is 0 Å². The van der Waals surface area contributed by atoms with Crippen molar-refractivity contribution in [1.82, 2.24) is 4.98 Å². The summed E-state index contributed by atoms with van der Waals surface area (Å²) in [6.45, 7) is 0. The monoisotopic (exact) mass is 328 g/mol. The summed E-state index contributed by atoms with van der Waals surface area (Å²) in [7, 11) is 0. The fourth-order valence-corrected chi connectivity index (χ4v) is 1.78. The summed E-state index contributed by atoms with van der Waals surface area (Å²) in [5.41, 5.74) is -1.15. The maximum atomic E-state index is 13.0. The highest BCUT2D eigenvalue weighted by Crippen LogP contribution is 2.39. The fourth-order valence-electron chi connectivity index (χ4n) is 1.61. The molecule has 22 heavy (non-hydrogen) atoms. The Morgan fingerprint density at radius 1 is 1.27 bits per heavy atom. The van der Waals surface area contributed by atoms with Crippen molar-refractivity contribution < 1.29 is 22.7 Å². The molecule has 114 valence electrons. The van der Waals surface area contributed by atoms with Crippen LogP contribution in [-0.4, -0.2) is 17.0 Å². The third kappa shape index (κ3) is 3.62. The molecule has 2 aromatic rings. The van der Waals surface area contributed by atoms with Gasteiger partial charge in [0.2, 0.25) is 11.7 Å². The minimum atomic E-state index is -4.65. The molecule has 0 fully saturated rings. The van der Waals surface area contributed by atoms with E-state index in [1.165, 1.54) is 24.3 Å². The van der Waals surface area contributed by atoms with Crippen LogP contribution in [0.5, 0.6) is 11.6 Å². The van der Waals surface area contributed by atoms with Crippen LogP contribution in [-0.2, 0) is 6.18 Å². The number of hydrogen-bond donors (Lipinski definition) is 1. The maximum absolute atomic E-state index is 13.0. The predicted molar refractivity (Wildman–Crippen MR) is 73.9 cm³/mol. The first-order valence-electron chi connectivity index (χ1n) is 5.87. The van der Waals surface area contributed by atoms with E-state index in [0.29, 0.717) is 6.21 Å². The first-order chi connectivity index (χ1) is 10.3. The quantitative estimate of drug-likeness (QED) is 0.669. The van der Waals surface area contributed by atoms with Crippen molar-refractivity contribution in [2.45, 2.75) is 6.18 Å². The van der Waals surface area contributed by atoms with Gasteiger partial charge in [0.15, 0.2) is 0 Å². The highest BCUT2D eigenvalue weighted by Gasteiger charge is 2.35. The van der Waals surface area contributed by atoms with Crippen LogP contribution in [0.1, 0.15) is 16.1 Å². The van der Waals surface area contributed by atoms with E-state index in [2.05, 4.69) is 4.98 Å². The van der Waals surface area contributed by atoms with Gasteiger partial charge in [0.05, 0.1) is 11.8 Å². The second-order valence-corrected chi connectivity index (χ2v) is 4.55. The lowest BCUT2D eigenvalue weighted by Gasteiger charge is -2.13. The zero-order valence-corrected chi connectivity index (χ0v) is 11.6. The second kappa shape index (κ2) is 6.15. The minimum Gasteiger partial charge on any atom is -0.438 e. The zero-order chi connectivity index (χ0) is 16.3. The molecule has 0 saturated carbocycles. The number of aromatic nitrogens is 1. The Hall–Kier alpha value is -2.41. The SMILES string of the molecule is N=CC(=O)c1cccc(Oc2ccc(Cl)cc2C(F)(F)F)n1. The molecule has 0 saturated heterocycles. The lowest BCUT2D eigenvalue weighted by atomic mass is 10.2. The molecular formula is C14H8ClF3N2O2. The van der Waals surface area contributed by atoms with Crippen LogP contribution in [0.25, 0.3) is 0 Å². The molecule has 0 unspecified atom stereocenters. The topological polar surface area (TPSA) is 63.0 Å². The molecule has 0 aliphatic carbocycles. The number of halogens is 4. The lowest BCUT2D eigenvalue weighted by Crippen LogP contribution is -2.08. The van der Waals surface area contributed by atoms with Crippen LogP contribution in [0.15, 0.2) is 36.4 Å². The van der Waals surface area contributed by atoms with Crippen LogP contribution >= 0.6 is 11.6 Å². The number of Topliss-reactive ketones (excluding diaryl/α,β-unsaturated/α-hetero) is 1. The number of ether oxygens (including phenoxy) is 1. The molecule has 0 aliphatic rings. The normalized spacial score (nSPS) is 11.1. The number of nitrogens with zero attached hydrogens (tertiary/aromatic N) is 1. The van der Waals surface area contributed by atoms with Gasteiger partial charge in [0.1, 0.15) is 11.4 Å². The lowest BCUT2D eigenvalue weighted by molar-refractivity contribution is -0.138. The van der Waals surface area contributed by atoms with Crippen molar-refractivity contribution in [2.24, 2.45) is 0 Å². The zero-order valence-electron chi connectivity index (χ0n) is 10.8. The van der Waals surface area contributed by atoms with Gasteiger partial charge in [-0.2, -0.15) is 13.2 Å². The number of hydrogen-bond acceptors (Lipinski definition) is 4. The first kappa shape index (κ1) is 16.0. The van der Waals surface area contributed by atoms with Gasteiger partial charge in [-0.1, -0.05) is 17.7 Å². The third-order valence-corrected chi connectivity index (χ3v) is 2.80. The third-order valence-electron chi connectivity index (χ3n) is 2.57. The van der Waals surface area contributed by atoms with Gasteiger partial charge in [-0.25, -0.2) is 4.98 Å². The Labute approximate surface area is 128 Å². The van der Waals surface area contributed by atoms with E-state index in [9.17, 15) is 18.0 Å². The Balaban J connectivity index is 2.39. The van der Waals surface area contributed by atoms with E-state index in [4.69, 9.17) is 21.7 Å². The molecule has 8 heteroatoms. The number of benzene rings is 1. The van der Waals surface area contributed by atoms with Crippen molar-refractivity contribution in [2.75, 3.05) is 0 Å². The molecule has 0 aliphatic heterocycles.